The average Bonchev–Trinajstić information content (AvgIpc) is 2.62. The van der Waals surface area contributed by atoms with Gasteiger partial charge in [0, 0.05) is 17.7 Å². The molecule has 0 saturated heterocycles. The summed E-state index contributed by atoms with van der Waals surface area (Å²) in [5.41, 5.74) is 7.41. The summed E-state index contributed by atoms with van der Waals surface area (Å²) in [6, 6.07) is 13.0. The number of hydrogen-bond acceptors (Lipinski definition) is 2. The van der Waals surface area contributed by atoms with Crippen LogP contribution in [0.2, 0.25) is 0 Å². The zero-order valence-corrected chi connectivity index (χ0v) is 20.7. The van der Waals surface area contributed by atoms with Crippen molar-refractivity contribution in [3.05, 3.63) is 64.2 Å². The van der Waals surface area contributed by atoms with Gasteiger partial charge in [-0.05, 0) is 71.2 Å². The third-order valence-electron chi connectivity index (χ3n) is 5.36. The van der Waals surface area contributed by atoms with E-state index in [2.05, 4.69) is 76.4 Å². The standard InChI is InChI=1S/C27H40N2O2/c1-19-12-20(2)14-24(13-19)29-25(30)31-11-9-10-28-18-21-15-22(26(3,4)5)17-23(16-21)27(6,7)8/h12-17,28H,9-11,18H2,1-8H3,(H,29,30)/p+1. The van der Waals surface area contributed by atoms with E-state index in [1.807, 2.05) is 26.0 Å². The summed E-state index contributed by atoms with van der Waals surface area (Å²) < 4.78 is 5.34. The van der Waals surface area contributed by atoms with Crippen LogP contribution in [0.3, 0.4) is 0 Å². The first-order valence-corrected chi connectivity index (χ1v) is 11.3. The maximum absolute atomic E-state index is 12.0. The Morgan fingerprint density at radius 3 is 1.94 bits per heavy atom. The Kier molecular flexibility index (Phi) is 8.30. The molecule has 0 spiro atoms. The number of amides is 1. The van der Waals surface area contributed by atoms with Crippen molar-refractivity contribution in [2.75, 3.05) is 18.5 Å². The smallest absolute Gasteiger partial charge is 0.411 e. The van der Waals surface area contributed by atoms with E-state index in [0.717, 1.165) is 36.3 Å². The number of quaternary nitrogens is 1. The van der Waals surface area contributed by atoms with Gasteiger partial charge in [-0.1, -0.05) is 53.7 Å². The van der Waals surface area contributed by atoms with Crippen molar-refractivity contribution in [3.8, 4) is 0 Å². The SMILES string of the molecule is Cc1cc(C)cc(NC(=O)OCCC[NH2+]Cc2cc(C(C)(C)C)cc(C(C)(C)C)c2)c1. The largest absolute Gasteiger partial charge is 0.449 e. The van der Waals surface area contributed by atoms with E-state index in [9.17, 15) is 4.79 Å². The predicted octanol–water partition coefficient (Wildman–Crippen LogP) is 5.60. The van der Waals surface area contributed by atoms with Gasteiger partial charge in [0.2, 0.25) is 0 Å². The third kappa shape index (κ3) is 8.37. The summed E-state index contributed by atoms with van der Waals surface area (Å²) in [6.07, 6.45) is 0.434. The molecular weight excluding hydrogens is 384 g/mol. The molecule has 1 amide bonds. The van der Waals surface area contributed by atoms with Crippen molar-refractivity contribution in [1.29, 1.82) is 0 Å². The highest BCUT2D eigenvalue weighted by atomic mass is 16.5. The van der Waals surface area contributed by atoms with Gasteiger partial charge in [-0.15, -0.1) is 0 Å². The van der Waals surface area contributed by atoms with Crippen LogP contribution >= 0.6 is 0 Å². The quantitative estimate of drug-likeness (QED) is 0.567. The first-order valence-electron chi connectivity index (χ1n) is 11.3. The molecule has 0 bridgehead atoms. The molecule has 4 nitrogen and oxygen atoms in total. The number of anilines is 1. The number of benzene rings is 2. The Bertz CT molecular complexity index is 837. The van der Waals surface area contributed by atoms with Crippen molar-refractivity contribution in [3.63, 3.8) is 0 Å². The molecule has 2 aromatic rings. The maximum Gasteiger partial charge on any atom is 0.411 e. The maximum atomic E-state index is 12.0. The number of nitrogens with one attached hydrogen (secondary N) is 1. The minimum absolute atomic E-state index is 0.132. The van der Waals surface area contributed by atoms with Crippen LogP contribution in [-0.4, -0.2) is 19.2 Å². The Hall–Kier alpha value is -2.33. The Balaban J connectivity index is 1.80. The number of ether oxygens (including phenoxy) is 1. The molecule has 31 heavy (non-hydrogen) atoms. The molecule has 2 rings (SSSR count). The van der Waals surface area contributed by atoms with E-state index in [1.54, 1.807) is 0 Å². The fraction of sp³-hybridized carbons (Fsp3) is 0.519. The summed E-state index contributed by atoms with van der Waals surface area (Å²) >= 11 is 0. The third-order valence-corrected chi connectivity index (χ3v) is 5.36. The molecule has 0 atom stereocenters. The summed E-state index contributed by atoms with van der Waals surface area (Å²) in [5, 5.41) is 5.10. The first-order chi connectivity index (χ1) is 14.3. The molecule has 0 aliphatic carbocycles. The lowest BCUT2D eigenvalue weighted by Crippen LogP contribution is -2.82. The lowest BCUT2D eigenvalue weighted by molar-refractivity contribution is -0.671. The highest BCUT2D eigenvalue weighted by molar-refractivity contribution is 5.84. The zero-order chi connectivity index (χ0) is 23.2. The minimum Gasteiger partial charge on any atom is -0.449 e. The van der Waals surface area contributed by atoms with Crippen LogP contribution in [0, 0.1) is 13.8 Å². The van der Waals surface area contributed by atoms with Crippen LogP contribution in [0.15, 0.2) is 36.4 Å². The fourth-order valence-electron chi connectivity index (χ4n) is 3.54. The van der Waals surface area contributed by atoms with Gasteiger partial charge in [-0.3, -0.25) is 5.32 Å². The van der Waals surface area contributed by atoms with Crippen molar-refractivity contribution >= 4 is 11.8 Å². The minimum atomic E-state index is -0.391. The second-order valence-electron chi connectivity index (χ2n) is 10.7. The highest BCUT2D eigenvalue weighted by Gasteiger charge is 2.20. The van der Waals surface area contributed by atoms with E-state index >= 15 is 0 Å². The molecule has 0 unspecified atom stereocenters. The summed E-state index contributed by atoms with van der Waals surface area (Å²) in [6.45, 7) is 19.9. The first kappa shape index (κ1) is 24.9. The van der Waals surface area contributed by atoms with Crippen LogP contribution in [0.4, 0.5) is 10.5 Å². The second-order valence-corrected chi connectivity index (χ2v) is 10.7. The lowest BCUT2D eigenvalue weighted by Gasteiger charge is -2.26. The molecular formula is C27H41N2O2+. The number of carbonyl (C=O) groups is 1. The van der Waals surface area contributed by atoms with E-state index in [1.165, 1.54) is 16.7 Å². The Morgan fingerprint density at radius 2 is 1.42 bits per heavy atom. The van der Waals surface area contributed by atoms with Gasteiger partial charge in [0.15, 0.2) is 0 Å². The van der Waals surface area contributed by atoms with Gasteiger partial charge in [-0.25, -0.2) is 4.79 Å². The summed E-state index contributed by atoms with van der Waals surface area (Å²) in [5.74, 6) is 0. The topological polar surface area (TPSA) is 54.9 Å². The summed E-state index contributed by atoms with van der Waals surface area (Å²) in [4.78, 5) is 12.0. The van der Waals surface area contributed by atoms with Crippen molar-refractivity contribution < 1.29 is 14.8 Å². The van der Waals surface area contributed by atoms with Gasteiger partial charge < -0.3 is 10.1 Å². The molecule has 2 aromatic carbocycles. The van der Waals surface area contributed by atoms with E-state index < -0.39 is 6.09 Å². The van der Waals surface area contributed by atoms with E-state index in [4.69, 9.17) is 4.74 Å². The molecule has 0 aliphatic rings. The highest BCUT2D eigenvalue weighted by Crippen LogP contribution is 2.30. The molecule has 0 saturated carbocycles. The number of hydrogen-bond donors (Lipinski definition) is 2. The monoisotopic (exact) mass is 425 g/mol. The molecule has 4 heteroatoms. The number of nitrogens with two attached hydrogens (primary N) is 1. The molecule has 3 N–H and O–H groups in total. The van der Waals surface area contributed by atoms with E-state index in [0.29, 0.717) is 6.61 Å². The van der Waals surface area contributed by atoms with Gasteiger partial charge in [0.05, 0.1) is 13.2 Å². The van der Waals surface area contributed by atoms with Crippen molar-refractivity contribution in [1.82, 2.24) is 0 Å². The molecule has 0 heterocycles. The fourth-order valence-corrected chi connectivity index (χ4v) is 3.54. The molecule has 0 radical (unpaired) electrons. The van der Waals surface area contributed by atoms with Gasteiger partial charge >= 0.3 is 6.09 Å². The van der Waals surface area contributed by atoms with Gasteiger partial charge in [0.25, 0.3) is 0 Å². The van der Waals surface area contributed by atoms with Crippen LogP contribution in [-0.2, 0) is 22.1 Å². The van der Waals surface area contributed by atoms with Crippen molar-refractivity contribution in [2.24, 2.45) is 0 Å². The van der Waals surface area contributed by atoms with E-state index in [-0.39, 0.29) is 10.8 Å². The molecule has 170 valence electrons. The van der Waals surface area contributed by atoms with Crippen LogP contribution < -0.4 is 10.6 Å². The molecule has 0 fully saturated rings. The Morgan fingerprint density at radius 1 is 0.871 bits per heavy atom. The number of rotatable bonds is 7. The molecule has 0 aliphatic heterocycles. The normalized spacial score (nSPS) is 12.0. The lowest BCUT2D eigenvalue weighted by atomic mass is 9.79. The van der Waals surface area contributed by atoms with Crippen molar-refractivity contribution in [2.45, 2.75) is 79.2 Å². The van der Waals surface area contributed by atoms with Gasteiger partial charge in [-0.2, -0.15) is 0 Å². The van der Waals surface area contributed by atoms with Crippen LogP contribution in [0.1, 0.15) is 75.8 Å². The number of aryl methyl sites for hydroxylation is 2. The Labute approximate surface area is 188 Å². The van der Waals surface area contributed by atoms with Crippen LogP contribution in [0.5, 0.6) is 0 Å². The zero-order valence-electron chi connectivity index (χ0n) is 20.7. The predicted molar refractivity (Wildman–Crippen MR) is 130 cm³/mol. The average molecular weight is 426 g/mol. The van der Waals surface area contributed by atoms with Gasteiger partial charge in [0.1, 0.15) is 6.54 Å². The molecule has 0 aromatic heterocycles. The summed E-state index contributed by atoms with van der Waals surface area (Å²) in [7, 11) is 0. The second kappa shape index (κ2) is 10.3. The number of carbonyl (C=O) groups excluding carboxylic acids is 1. The van der Waals surface area contributed by atoms with Crippen LogP contribution in [0.25, 0.3) is 0 Å².